The zero-order valence-corrected chi connectivity index (χ0v) is 13.4. The highest BCUT2D eigenvalue weighted by molar-refractivity contribution is 6.30. The Labute approximate surface area is 127 Å². The number of hydrogen-bond acceptors (Lipinski definition) is 3. The van der Waals surface area contributed by atoms with Gasteiger partial charge in [-0.15, -0.1) is 0 Å². The minimum atomic E-state index is 0.271. The predicted octanol–water partition coefficient (Wildman–Crippen LogP) is 3.10. The lowest BCUT2D eigenvalue weighted by Gasteiger charge is -2.36. The van der Waals surface area contributed by atoms with Crippen molar-refractivity contribution < 1.29 is 4.74 Å². The number of morpholine rings is 1. The van der Waals surface area contributed by atoms with Gasteiger partial charge in [-0.3, -0.25) is 4.90 Å². The quantitative estimate of drug-likeness (QED) is 0.903. The Kier molecular flexibility index (Phi) is 5.85. The molecule has 1 fully saturated rings. The van der Waals surface area contributed by atoms with E-state index in [2.05, 4.69) is 37.1 Å². The fourth-order valence-electron chi connectivity index (χ4n) is 2.54. The van der Waals surface area contributed by atoms with Gasteiger partial charge in [-0.2, -0.15) is 0 Å². The molecule has 1 unspecified atom stereocenters. The normalized spacial score (nSPS) is 22.1. The highest BCUT2D eigenvalue weighted by atomic mass is 35.5. The zero-order valence-electron chi connectivity index (χ0n) is 12.6. The summed E-state index contributed by atoms with van der Waals surface area (Å²) in [5.41, 5.74) is 1.22. The van der Waals surface area contributed by atoms with Crippen molar-refractivity contribution in [3.8, 4) is 0 Å². The van der Waals surface area contributed by atoms with Gasteiger partial charge >= 0.3 is 0 Å². The van der Waals surface area contributed by atoms with E-state index in [0.717, 1.165) is 31.3 Å². The van der Waals surface area contributed by atoms with Gasteiger partial charge < -0.3 is 10.1 Å². The van der Waals surface area contributed by atoms with Crippen molar-refractivity contribution in [1.82, 2.24) is 10.2 Å². The van der Waals surface area contributed by atoms with Gasteiger partial charge in [0.25, 0.3) is 0 Å². The highest BCUT2D eigenvalue weighted by Crippen LogP contribution is 2.17. The van der Waals surface area contributed by atoms with Crippen LogP contribution in [0.1, 0.15) is 32.4 Å². The van der Waals surface area contributed by atoms with Crippen LogP contribution in [0.5, 0.6) is 0 Å². The van der Waals surface area contributed by atoms with Crippen LogP contribution in [0.3, 0.4) is 0 Å². The van der Waals surface area contributed by atoms with E-state index in [1.165, 1.54) is 5.56 Å². The van der Waals surface area contributed by atoms with Gasteiger partial charge in [0.1, 0.15) is 0 Å². The predicted molar refractivity (Wildman–Crippen MR) is 84.3 cm³/mol. The SMILES string of the molecule is CC(C)N1CCOC(CN[C@H](C)c2cccc(Cl)c2)C1. The second kappa shape index (κ2) is 7.41. The lowest BCUT2D eigenvalue weighted by atomic mass is 10.1. The first kappa shape index (κ1) is 15.8. The standard InChI is InChI=1S/C16H25ClN2O/c1-12(2)19-7-8-20-16(11-19)10-18-13(3)14-5-4-6-15(17)9-14/h4-6,9,12-13,16,18H,7-8,10-11H2,1-3H3/t13-,16?/m1/s1. The van der Waals surface area contributed by atoms with Crippen molar-refractivity contribution in [2.45, 2.75) is 39.0 Å². The molecule has 20 heavy (non-hydrogen) atoms. The van der Waals surface area contributed by atoms with E-state index in [4.69, 9.17) is 16.3 Å². The summed E-state index contributed by atoms with van der Waals surface area (Å²) < 4.78 is 5.84. The Morgan fingerprint density at radius 2 is 2.20 bits per heavy atom. The van der Waals surface area contributed by atoms with Gasteiger partial charge in [0, 0.05) is 36.7 Å². The summed E-state index contributed by atoms with van der Waals surface area (Å²) in [6, 6.07) is 8.89. The maximum absolute atomic E-state index is 6.03. The van der Waals surface area contributed by atoms with Crippen molar-refractivity contribution in [3.63, 3.8) is 0 Å². The van der Waals surface area contributed by atoms with E-state index in [0.29, 0.717) is 6.04 Å². The van der Waals surface area contributed by atoms with Crippen molar-refractivity contribution in [3.05, 3.63) is 34.9 Å². The molecule has 0 aromatic heterocycles. The number of hydrogen-bond donors (Lipinski definition) is 1. The molecular formula is C16H25ClN2O. The molecule has 112 valence electrons. The van der Waals surface area contributed by atoms with E-state index >= 15 is 0 Å². The smallest absolute Gasteiger partial charge is 0.0827 e. The number of nitrogens with zero attached hydrogens (tertiary/aromatic N) is 1. The van der Waals surface area contributed by atoms with Crippen molar-refractivity contribution in [2.75, 3.05) is 26.2 Å². The Balaban J connectivity index is 1.82. The van der Waals surface area contributed by atoms with Crippen molar-refractivity contribution in [2.24, 2.45) is 0 Å². The molecule has 4 heteroatoms. The van der Waals surface area contributed by atoms with Crippen LogP contribution in [-0.2, 0) is 4.74 Å². The molecular weight excluding hydrogens is 272 g/mol. The first-order valence-corrected chi connectivity index (χ1v) is 7.78. The van der Waals surface area contributed by atoms with E-state index in [9.17, 15) is 0 Å². The molecule has 1 heterocycles. The third-order valence-electron chi connectivity index (χ3n) is 3.90. The van der Waals surface area contributed by atoms with Crippen LogP contribution < -0.4 is 5.32 Å². The van der Waals surface area contributed by atoms with Gasteiger partial charge in [0.15, 0.2) is 0 Å². The van der Waals surface area contributed by atoms with Gasteiger partial charge in [0.2, 0.25) is 0 Å². The van der Waals surface area contributed by atoms with Crippen LogP contribution in [0.4, 0.5) is 0 Å². The minimum absolute atomic E-state index is 0.271. The van der Waals surface area contributed by atoms with E-state index in [-0.39, 0.29) is 12.1 Å². The number of rotatable bonds is 5. The fourth-order valence-corrected chi connectivity index (χ4v) is 2.74. The van der Waals surface area contributed by atoms with Crippen LogP contribution in [0, 0.1) is 0 Å². The number of halogens is 1. The average molecular weight is 297 g/mol. The molecule has 1 aromatic rings. The van der Waals surface area contributed by atoms with E-state index in [1.807, 2.05) is 18.2 Å². The Morgan fingerprint density at radius 1 is 1.40 bits per heavy atom. The number of benzene rings is 1. The molecule has 0 aliphatic carbocycles. The summed E-state index contributed by atoms with van der Waals surface area (Å²) in [5, 5.41) is 4.33. The molecule has 1 N–H and O–H groups in total. The van der Waals surface area contributed by atoms with E-state index < -0.39 is 0 Å². The largest absolute Gasteiger partial charge is 0.374 e. The van der Waals surface area contributed by atoms with Gasteiger partial charge in [-0.25, -0.2) is 0 Å². The third-order valence-corrected chi connectivity index (χ3v) is 4.14. The molecule has 0 amide bonds. The summed E-state index contributed by atoms with van der Waals surface area (Å²) in [6.07, 6.45) is 0.271. The van der Waals surface area contributed by atoms with Crippen LogP contribution >= 0.6 is 11.6 Å². The fraction of sp³-hybridized carbons (Fsp3) is 0.625. The Hall–Kier alpha value is -0.610. The monoisotopic (exact) mass is 296 g/mol. The molecule has 2 rings (SSSR count). The molecule has 0 bridgehead atoms. The summed E-state index contributed by atoms with van der Waals surface area (Å²) in [7, 11) is 0. The van der Waals surface area contributed by atoms with Crippen LogP contribution in [0.25, 0.3) is 0 Å². The van der Waals surface area contributed by atoms with E-state index in [1.54, 1.807) is 0 Å². The topological polar surface area (TPSA) is 24.5 Å². The molecule has 1 aliphatic heterocycles. The van der Waals surface area contributed by atoms with Crippen LogP contribution in [0.2, 0.25) is 5.02 Å². The first-order chi connectivity index (χ1) is 9.56. The van der Waals surface area contributed by atoms with Crippen molar-refractivity contribution in [1.29, 1.82) is 0 Å². The van der Waals surface area contributed by atoms with Crippen LogP contribution in [0.15, 0.2) is 24.3 Å². The summed E-state index contributed by atoms with van der Waals surface area (Å²) in [4.78, 5) is 2.47. The average Bonchev–Trinajstić information content (AvgIpc) is 2.45. The second-order valence-corrected chi connectivity index (χ2v) is 6.20. The summed E-state index contributed by atoms with van der Waals surface area (Å²) in [6.45, 7) is 10.4. The zero-order chi connectivity index (χ0) is 14.5. The Bertz CT molecular complexity index is 425. The molecule has 0 saturated carbocycles. The minimum Gasteiger partial charge on any atom is -0.374 e. The maximum atomic E-state index is 6.03. The van der Waals surface area contributed by atoms with Gasteiger partial charge in [0.05, 0.1) is 12.7 Å². The molecule has 1 saturated heterocycles. The van der Waals surface area contributed by atoms with Crippen molar-refractivity contribution >= 4 is 11.6 Å². The molecule has 2 atom stereocenters. The summed E-state index contributed by atoms with van der Waals surface area (Å²) >= 11 is 6.03. The first-order valence-electron chi connectivity index (χ1n) is 7.40. The third kappa shape index (κ3) is 4.45. The Morgan fingerprint density at radius 3 is 2.90 bits per heavy atom. The van der Waals surface area contributed by atoms with Gasteiger partial charge in [-0.1, -0.05) is 23.7 Å². The lowest BCUT2D eigenvalue weighted by Crippen LogP contribution is -2.49. The maximum Gasteiger partial charge on any atom is 0.0827 e. The van der Waals surface area contributed by atoms with Gasteiger partial charge in [-0.05, 0) is 38.5 Å². The molecule has 3 nitrogen and oxygen atoms in total. The lowest BCUT2D eigenvalue weighted by molar-refractivity contribution is -0.0379. The number of nitrogens with one attached hydrogen (secondary N) is 1. The highest BCUT2D eigenvalue weighted by Gasteiger charge is 2.22. The molecule has 1 aliphatic rings. The second-order valence-electron chi connectivity index (χ2n) is 5.77. The molecule has 1 aromatic carbocycles. The number of ether oxygens (including phenoxy) is 1. The molecule has 0 spiro atoms. The molecule has 0 radical (unpaired) electrons. The van der Waals surface area contributed by atoms with Crippen LogP contribution in [-0.4, -0.2) is 43.3 Å². The summed E-state index contributed by atoms with van der Waals surface area (Å²) in [5.74, 6) is 0.